The van der Waals surface area contributed by atoms with E-state index in [1.165, 1.54) is 30.6 Å². The zero-order chi connectivity index (χ0) is 20.1. The highest BCUT2D eigenvalue weighted by atomic mass is 16.5. The van der Waals surface area contributed by atoms with Crippen LogP contribution in [0, 0.1) is 13.8 Å². The van der Waals surface area contributed by atoms with Gasteiger partial charge in [0, 0.05) is 11.8 Å². The summed E-state index contributed by atoms with van der Waals surface area (Å²) in [5, 5.41) is 5.95. The Morgan fingerprint density at radius 3 is 2.39 bits per heavy atom. The number of amides is 1. The molecular formula is C21H22N4O3. The third kappa shape index (κ3) is 4.37. The van der Waals surface area contributed by atoms with E-state index in [4.69, 9.17) is 9.47 Å². The number of aromatic nitrogens is 2. The molecule has 7 nitrogen and oxygen atoms in total. The van der Waals surface area contributed by atoms with Crippen molar-refractivity contribution in [3.63, 3.8) is 0 Å². The molecule has 7 heteroatoms. The van der Waals surface area contributed by atoms with Gasteiger partial charge in [0.25, 0.3) is 5.91 Å². The molecule has 0 aliphatic rings. The maximum Gasteiger partial charge on any atom is 0.275 e. The quantitative estimate of drug-likeness (QED) is 0.671. The Labute approximate surface area is 163 Å². The summed E-state index contributed by atoms with van der Waals surface area (Å²) in [7, 11) is 3.09. The molecule has 0 fully saturated rings. The summed E-state index contributed by atoms with van der Waals surface area (Å²) in [6.07, 6.45) is 2.95. The number of benzene rings is 2. The molecule has 0 saturated heterocycles. The molecule has 1 aromatic heterocycles. The van der Waals surface area contributed by atoms with Gasteiger partial charge in [-0.1, -0.05) is 6.07 Å². The molecule has 0 atom stereocenters. The van der Waals surface area contributed by atoms with E-state index in [0.717, 1.165) is 5.69 Å². The first-order valence-electron chi connectivity index (χ1n) is 8.70. The van der Waals surface area contributed by atoms with E-state index in [1.54, 1.807) is 25.3 Å². The third-order valence-corrected chi connectivity index (χ3v) is 4.32. The van der Waals surface area contributed by atoms with Crippen LogP contribution in [0.25, 0.3) is 0 Å². The first-order valence-corrected chi connectivity index (χ1v) is 8.70. The number of carbonyl (C=O) groups is 1. The molecule has 0 unspecified atom stereocenters. The summed E-state index contributed by atoms with van der Waals surface area (Å²) in [5.74, 6) is 1.31. The van der Waals surface area contributed by atoms with Gasteiger partial charge in [0.15, 0.2) is 0 Å². The Bertz CT molecular complexity index is 987. The fourth-order valence-corrected chi connectivity index (χ4v) is 2.57. The summed E-state index contributed by atoms with van der Waals surface area (Å²) >= 11 is 0. The molecule has 144 valence electrons. The predicted octanol–water partition coefficient (Wildman–Crippen LogP) is 4.11. The van der Waals surface area contributed by atoms with E-state index in [0.29, 0.717) is 23.0 Å². The van der Waals surface area contributed by atoms with Gasteiger partial charge < -0.3 is 20.1 Å². The molecule has 3 aromatic rings. The lowest BCUT2D eigenvalue weighted by Crippen LogP contribution is -2.15. The number of rotatable bonds is 6. The summed E-state index contributed by atoms with van der Waals surface area (Å²) < 4.78 is 10.4. The molecule has 0 bridgehead atoms. The van der Waals surface area contributed by atoms with Crippen molar-refractivity contribution in [1.82, 2.24) is 9.97 Å². The van der Waals surface area contributed by atoms with Crippen molar-refractivity contribution in [2.45, 2.75) is 13.8 Å². The van der Waals surface area contributed by atoms with Crippen LogP contribution in [0.3, 0.4) is 0 Å². The first kappa shape index (κ1) is 19.2. The molecule has 28 heavy (non-hydrogen) atoms. The minimum atomic E-state index is -0.381. The minimum absolute atomic E-state index is 0.198. The molecule has 0 saturated carbocycles. The van der Waals surface area contributed by atoms with E-state index >= 15 is 0 Å². The lowest BCUT2D eigenvalue weighted by molar-refractivity contribution is 0.102. The van der Waals surface area contributed by atoms with Crippen LogP contribution in [0.1, 0.15) is 21.6 Å². The van der Waals surface area contributed by atoms with Crippen LogP contribution in [0.15, 0.2) is 48.8 Å². The molecule has 2 aromatic carbocycles. The van der Waals surface area contributed by atoms with E-state index in [2.05, 4.69) is 27.5 Å². The monoisotopic (exact) mass is 378 g/mol. The number of anilines is 3. The second-order valence-corrected chi connectivity index (χ2v) is 6.23. The molecule has 0 aliphatic carbocycles. The molecule has 2 N–H and O–H groups in total. The topological polar surface area (TPSA) is 85.4 Å². The van der Waals surface area contributed by atoms with Gasteiger partial charge >= 0.3 is 0 Å². The molecule has 0 aliphatic heterocycles. The fourth-order valence-electron chi connectivity index (χ4n) is 2.57. The molecule has 1 amide bonds. The number of nitrogens with zero attached hydrogens (tertiary/aromatic N) is 2. The van der Waals surface area contributed by atoms with Crippen LogP contribution in [-0.4, -0.2) is 30.1 Å². The Kier molecular flexibility index (Phi) is 5.74. The van der Waals surface area contributed by atoms with Crippen molar-refractivity contribution in [1.29, 1.82) is 0 Å². The van der Waals surface area contributed by atoms with Gasteiger partial charge in [-0.15, -0.1) is 0 Å². The fraction of sp³-hybridized carbons (Fsp3) is 0.190. The minimum Gasteiger partial charge on any atom is -0.497 e. The lowest BCUT2D eigenvalue weighted by atomic mass is 10.1. The van der Waals surface area contributed by atoms with Crippen LogP contribution < -0.4 is 20.1 Å². The number of nitrogens with one attached hydrogen (secondary N) is 2. The van der Waals surface area contributed by atoms with Crippen LogP contribution in [-0.2, 0) is 0 Å². The highest BCUT2D eigenvalue weighted by Crippen LogP contribution is 2.29. The largest absolute Gasteiger partial charge is 0.497 e. The lowest BCUT2D eigenvalue weighted by Gasteiger charge is -2.11. The van der Waals surface area contributed by atoms with Crippen molar-refractivity contribution >= 4 is 23.1 Å². The van der Waals surface area contributed by atoms with Crippen LogP contribution in [0.2, 0.25) is 0 Å². The average molecular weight is 378 g/mol. The third-order valence-electron chi connectivity index (χ3n) is 4.32. The molecule has 3 rings (SSSR count). The molecule has 1 heterocycles. The standard InChI is InChI=1S/C21H22N4O3/c1-13-5-6-15(9-14(13)2)24-20-12-22-18(11-23-20)21(26)25-17-8-7-16(27-3)10-19(17)28-4/h5-12H,1-4H3,(H,23,24)(H,25,26). The summed E-state index contributed by atoms with van der Waals surface area (Å²) in [6, 6.07) is 11.2. The summed E-state index contributed by atoms with van der Waals surface area (Å²) in [6.45, 7) is 4.11. The Balaban J connectivity index is 1.70. The van der Waals surface area contributed by atoms with Gasteiger partial charge in [-0.2, -0.15) is 0 Å². The van der Waals surface area contributed by atoms with E-state index in [-0.39, 0.29) is 11.6 Å². The number of hydrogen-bond donors (Lipinski definition) is 2. The second kappa shape index (κ2) is 8.39. The Hall–Kier alpha value is -3.61. The molecular weight excluding hydrogens is 356 g/mol. The van der Waals surface area contributed by atoms with Crippen molar-refractivity contribution in [3.8, 4) is 11.5 Å². The van der Waals surface area contributed by atoms with Gasteiger partial charge in [0.2, 0.25) is 0 Å². The number of aryl methyl sites for hydroxylation is 2. The normalized spacial score (nSPS) is 10.3. The van der Waals surface area contributed by atoms with Gasteiger partial charge in [-0.05, 0) is 49.2 Å². The van der Waals surface area contributed by atoms with Crippen molar-refractivity contribution < 1.29 is 14.3 Å². The number of ether oxygens (including phenoxy) is 2. The molecule has 0 spiro atoms. The zero-order valence-corrected chi connectivity index (χ0v) is 16.2. The van der Waals surface area contributed by atoms with Crippen LogP contribution in [0.4, 0.5) is 17.2 Å². The number of hydrogen-bond acceptors (Lipinski definition) is 6. The number of methoxy groups -OCH3 is 2. The van der Waals surface area contributed by atoms with E-state index in [1.807, 2.05) is 25.1 Å². The average Bonchev–Trinajstić information content (AvgIpc) is 2.71. The molecule has 0 radical (unpaired) electrons. The summed E-state index contributed by atoms with van der Waals surface area (Å²) in [5.41, 5.74) is 4.04. The van der Waals surface area contributed by atoms with Crippen molar-refractivity contribution in [3.05, 3.63) is 65.6 Å². The van der Waals surface area contributed by atoms with Gasteiger partial charge in [0.1, 0.15) is 23.0 Å². The summed E-state index contributed by atoms with van der Waals surface area (Å²) in [4.78, 5) is 20.9. The highest BCUT2D eigenvalue weighted by molar-refractivity contribution is 6.03. The van der Waals surface area contributed by atoms with Gasteiger partial charge in [-0.25, -0.2) is 9.97 Å². The van der Waals surface area contributed by atoms with E-state index in [9.17, 15) is 4.79 Å². The van der Waals surface area contributed by atoms with Crippen LogP contribution >= 0.6 is 0 Å². The van der Waals surface area contributed by atoms with Gasteiger partial charge in [0.05, 0.1) is 32.3 Å². The van der Waals surface area contributed by atoms with E-state index < -0.39 is 0 Å². The Morgan fingerprint density at radius 2 is 1.75 bits per heavy atom. The van der Waals surface area contributed by atoms with Crippen molar-refractivity contribution in [2.75, 3.05) is 24.9 Å². The van der Waals surface area contributed by atoms with Gasteiger partial charge in [-0.3, -0.25) is 4.79 Å². The highest BCUT2D eigenvalue weighted by Gasteiger charge is 2.12. The maximum atomic E-state index is 12.5. The Morgan fingerprint density at radius 1 is 0.929 bits per heavy atom. The second-order valence-electron chi connectivity index (χ2n) is 6.23. The SMILES string of the molecule is COc1ccc(NC(=O)c2cnc(Nc3ccc(C)c(C)c3)cn2)c(OC)c1. The maximum absolute atomic E-state index is 12.5. The first-order chi connectivity index (χ1) is 13.5. The zero-order valence-electron chi connectivity index (χ0n) is 16.2. The smallest absolute Gasteiger partial charge is 0.275 e. The number of carbonyl (C=O) groups excluding carboxylic acids is 1. The predicted molar refractivity (Wildman–Crippen MR) is 109 cm³/mol. The van der Waals surface area contributed by atoms with Crippen LogP contribution in [0.5, 0.6) is 11.5 Å². The van der Waals surface area contributed by atoms with Crippen molar-refractivity contribution in [2.24, 2.45) is 0 Å².